The number of hydrogen-bond acceptors (Lipinski definition) is 3. The highest BCUT2D eigenvalue weighted by Gasteiger charge is 2.25. The van der Waals surface area contributed by atoms with Crippen LogP contribution < -0.4 is 9.05 Å². The lowest BCUT2D eigenvalue weighted by Gasteiger charge is -2.16. The second-order valence-corrected chi connectivity index (χ2v) is 10.5. The van der Waals surface area contributed by atoms with Gasteiger partial charge in [-0.05, 0) is 69.5 Å². The van der Waals surface area contributed by atoms with E-state index < -0.39 is 7.82 Å². The normalized spacial score (nSPS) is 11.6. The van der Waals surface area contributed by atoms with E-state index in [-0.39, 0.29) is 11.5 Å². The molecule has 0 atom stereocenters. The SMILES string of the molecule is CC(C)c1ccccc1-c1ccc(OP(=O)(O)Oc2ccc(-c3ccccc3C(C)C)cc2)cc1. The Kier molecular flexibility index (Phi) is 7.45. The summed E-state index contributed by atoms with van der Waals surface area (Å²) in [7, 11) is -4.36. The summed E-state index contributed by atoms with van der Waals surface area (Å²) in [5.74, 6) is 1.31. The fourth-order valence-electron chi connectivity index (χ4n) is 4.20. The van der Waals surface area contributed by atoms with E-state index in [0.29, 0.717) is 11.8 Å². The summed E-state index contributed by atoms with van der Waals surface area (Å²) in [6, 6.07) is 30.8. The van der Waals surface area contributed by atoms with Crippen molar-refractivity contribution in [2.75, 3.05) is 0 Å². The van der Waals surface area contributed by atoms with E-state index in [1.807, 2.05) is 48.5 Å². The Hall–Kier alpha value is -3.33. The third kappa shape index (κ3) is 6.03. The Labute approximate surface area is 207 Å². The Morgan fingerprint density at radius 2 is 0.914 bits per heavy atom. The summed E-state index contributed by atoms with van der Waals surface area (Å²) in [5, 5.41) is 0. The molecule has 0 spiro atoms. The van der Waals surface area contributed by atoms with Crippen LogP contribution in [0.25, 0.3) is 22.3 Å². The first-order valence-electron chi connectivity index (χ1n) is 11.8. The second-order valence-electron chi connectivity index (χ2n) is 9.18. The van der Waals surface area contributed by atoms with Gasteiger partial charge in [-0.1, -0.05) is 100 Å². The van der Waals surface area contributed by atoms with E-state index in [9.17, 15) is 9.46 Å². The molecule has 0 aliphatic carbocycles. The fourth-order valence-corrected chi connectivity index (χ4v) is 5.02. The maximum Gasteiger partial charge on any atom is 0.584 e. The Bertz CT molecular complexity index is 1220. The summed E-state index contributed by atoms with van der Waals surface area (Å²) in [5.41, 5.74) is 6.81. The van der Waals surface area contributed by atoms with Gasteiger partial charge in [0.2, 0.25) is 0 Å². The quantitative estimate of drug-likeness (QED) is 0.253. The average molecular weight is 487 g/mol. The van der Waals surface area contributed by atoms with Crippen LogP contribution in [0.5, 0.6) is 11.5 Å². The molecule has 4 aromatic carbocycles. The maximum atomic E-state index is 12.7. The third-order valence-electron chi connectivity index (χ3n) is 5.94. The van der Waals surface area contributed by atoms with Gasteiger partial charge >= 0.3 is 7.82 Å². The lowest BCUT2D eigenvalue weighted by Crippen LogP contribution is -2.00. The predicted molar refractivity (Wildman–Crippen MR) is 143 cm³/mol. The minimum Gasteiger partial charge on any atom is -0.395 e. The predicted octanol–water partition coefficient (Wildman–Crippen LogP) is 8.83. The number of phosphoric acid groups is 1. The molecule has 0 radical (unpaired) electrons. The minimum atomic E-state index is -4.36. The van der Waals surface area contributed by atoms with E-state index >= 15 is 0 Å². The number of rotatable bonds is 8. The van der Waals surface area contributed by atoms with E-state index in [0.717, 1.165) is 22.3 Å². The molecule has 0 fully saturated rings. The molecule has 0 saturated heterocycles. The first kappa shape index (κ1) is 24.8. The van der Waals surface area contributed by atoms with E-state index in [1.165, 1.54) is 11.1 Å². The number of phosphoric ester groups is 1. The summed E-state index contributed by atoms with van der Waals surface area (Å²) in [6.45, 7) is 8.63. The van der Waals surface area contributed by atoms with Crippen molar-refractivity contribution >= 4 is 7.82 Å². The molecule has 0 aliphatic rings. The van der Waals surface area contributed by atoms with Crippen molar-refractivity contribution in [2.45, 2.75) is 39.5 Å². The van der Waals surface area contributed by atoms with Crippen LogP contribution >= 0.6 is 7.82 Å². The van der Waals surface area contributed by atoms with Gasteiger partial charge in [0.15, 0.2) is 0 Å². The standard InChI is InChI=1S/C30H31O4P/c1-21(2)27-9-5-7-11-29(27)23-13-17-25(18-14-23)33-35(31,32)34-26-19-15-24(16-20-26)30-12-8-6-10-28(30)22(3)4/h5-22H,1-4H3,(H,31,32). The van der Waals surface area contributed by atoms with Crippen molar-refractivity contribution < 1.29 is 18.5 Å². The zero-order chi connectivity index (χ0) is 25.0. The third-order valence-corrected chi connectivity index (χ3v) is 6.82. The van der Waals surface area contributed by atoms with Crippen LogP contribution in [-0.4, -0.2) is 4.89 Å². The van der Waals surface area contributed by atoms with Crippen LogP contribution in [-0.2, 0) is 4.57 Å². The lowest BCUT2D eigenvalue weighted by atomic mass is 9.93. The molecule has 180 valence electrons. The molecule has 0 aliphatic heterocycles. The van der Waals surface area contributed by atoms with Crippen molar-refractivity contribution in [3.8, 4) is 33.8 Å². The van der Waals surface area contributed by atoms with E-state index in [4.69, 9.17) is 9.05 Å². The molecule has 0 bridgehead atoms. The minimum absolute atomic E-state index is 0.268. The second kappa shape index (κ2) is 10.5. The van der Waals surface area contributed by atoms with Gasteiger partial charge in [0.05, 0.1) is 0 Å². The molecule has 4 rings (SSSR count). The highest BCUT2D eigenvalue weighted by atomic mass is 31.2. The first-order valence-corrected chi connectivity index (χ1v) is 13.3. The van der Waals surface area contributed by atoms with Gasteiger partial charge in [-0.3, -0.25) is 4.89 Å². The van der Waals surface area contributed by atoms with Gasteiger partial charge in [-0.2, -0.15) is 0 Å². The van der Waals surface area contributed by atoms with Crippen molar-refractivity contribution in [1.82, 2.24) is 0 Å². The zero-order valence-electron chi connectivity index (χ0n) is 20.5. The van der Waals surface area contributed by atoms with Crippen LogP contribution in [0.1, 0.15) is 50.7 Å². The average Bonchev–Trinajstić information content (AvgIpc) is 2.84. The molecule has 4 nitrogen and oxygen atoms in total. The largest absolute Gasteiger partial charge is 0.584 e. The molecular weight excluding hydrogens is 455 g/mol. The molecule has 0 heterocycles. The Morgan fingerprint density at radius 1 is 0.571 bits per heavy atom. The van der Waals surface area contributed by atoms with Crippen molar-refractivity contribution in [1.29, 1.82) is 0 Å². The lowest BCUT2D eigenvalue weighted by molar-refractivity contribution is 0.291. The molecule has 0 aromatic heterocycles. The zero-order valence-corrected chi connectivity index (χ0v) is 21.4. The van der Waals surface area contributed by atoms with Crippen molar-refractivity contribution in [2.24, 2.45) is 0 Å². The van der Waals surface area contributed by atoms with Gasteiger partial charge in [0, 0.05) is 0 Å². The summed E-state index contributed by atoms with van der Waals surface area (Å²) in [6.07, 6.45) is 0. The van der Waals surface area contributed by atoms with Crippen LogP contribution in [0.3, 0.4) is 0 Å². The van der Waals surface area contributed by atoms with E-state index in [1.54, 1.807) is 24.3 Å². The van der Waals surface area contributed by atoms with Crippen LogP contribution in [0, 0.1) is 0 Å². The Balaban J connectivity index is 1.46. The fraction of sp³-hybridized carbons (Fsp3) is 0.200. The van der Waals surface area contributed by atoms with Gasteiger partial charge in [0.1, 0.15) is 11.5 Å². The summed E-state index contributed by atoms with van der Waals surface area (Å²) in [4.78, 5) is 10.3. The van der Waals surface area contributed by atoms with Crippen LogP contribution in [0.15, 0.2) is 97.1 Å². The Morgan fingerprint density at radius 3 is 1.26 bits per heavy atom. The van der Waals surface area contributed by atoms with E-state index in [2.05, 4.69) is 52.0 Å². The molecule has 0 unspecified atom stereocenters. The van der Waals surface area contributed by atoms with Crippen LogP contribution in [0.2, 0.25) is 0 Å². The molecule has 0 amide bonds. The van der Waals surface area contributed by atoms with Gasteiger partial charge in [0.25, 0.3) is 0 Å². The molecule has 35 heavy (non-hydrogen) atoms. The molecule has 1 N–H and O–H groups in total. The molecule has 0 saturated carbocycles. The highest BCUT2D eigenvalue weighted by molar-refractivity contribution is 7.48. The van der Waals surface area contributed by atoms with Crippen molar-refractivity contribution in [3.63, 3.8) is 0 Å². The monoisotopic (exact) mass is 486 g/mol. The topological polar surface area (TPSA) is 55.8 Å². The van der Waals surface area contributed by atoms with Crippen LogP contribution in [0.4, 0.5) is 0 Å². The van der Waals surface area contributed by atoms with Gasteiger partial charge in [-0.15, -0.1) is 0 Å². The first-order chi connectivity index (χ1) is 16.7. The smallest absolute Gasteiger partial charge is 0.395 e. The summed E-state index contributed by atoms with van der Waals surface area (Å²) >= 11 is 0. The molecular formula is C30H31O4P. The molecule has 4 aromatic rings. The highest BCUT2D eigenvalue weighted by Crippen LogP contribution is 2.45. The van der Waals surface area contributed by atoms with Gasteiger partial charge < -0.3 is 9.05 Å². The summed E-state index contributed by atoms with van der Waals surface area (Å²) < 4.78 is 23.3. The maximum absolute atomic E-state index is 12.7. The number of benzene rings is 4. The number of hydrogen-bond donors (Lipinski definition) is 1. The van der Waals surface area contributed by atoms with Crippen molar-refractivity contribution in [3.05, 3.63) is 108 Å². The molecule has 5 heteroatoms. The van der Waals surface area contributed by atoms with Gasteiger partial charge in [-0.25, -0.2) is 4.57 Å².